The van der Waals surface area contributed by atoms with E-state index in [-0.39, 0.29) is 11.7 Å². The molecule has 3 aromatic carbocycles. The Labute approximate surface area is 221 Å². The minimum absolute atomic E-state index is 0.0942. The van der Waals surface area contributed by atoms with Gasteiger partial charge in [0.25, 0.3) is 0 Å². The SMILES string of the molecule is O=C(Cc1ccccc1)Nc1cccc(-c2nc3sccn3c2-c2ccnc(Nc3cccc(F)c3)n2)c1. The molecule has 38 heavy (non-hydrogen) atoms. The fourth-order valence-electron chi connectivity index (χ4n) is 4.21. The summed E-state index contributed by atoms with van der Waals surface area (Å²) in [5.74, 6) is -0.102. The van der Waals surface area contributed by atoms with Gasteiger partial charge in [0.15, 0.2) is 4.96 Å². The van der Waals surface area contributed by atoms with Gasteiger partial charge in [-0.1, -0.05) is 48.5 Å². The number of benzene rings is 3. The first-order valence-corrected chi connectivity index (χ1v) is 12.8. The molecule has 3 aromatic heterocycles. The lowest BCUT2D eigenvalue weighted by atomic mass is 10.1. The van der Waals surface area contributed by atoms with E-state index in [1.54, 1.807) is 18.3 Å². The lowest BCUT2D eigenvalue weighted by molar-refractivity contribution is -0.115. The molecule has 0 spiro atoms. The highest BCUT2D eigenvalue weighted by Crippen LogP contribution is 2.34. The lowest BCUT2D eigenvalue weighted by Crippen LogP contribution is -2.14. The number of nitrogens with zero attached hydrogens (tertiary/aromatic N) is 4. The summed E-state index contributed by atoms with van der Waals surface area (Å²) in [5, 5.41) is 8.01. The van der Waals surface area contributed by atoms with Crippen molar-refractivity contribution >= 4 is 39.5 Å². The minimum atomic E-state index is -0.347. The van der Waals surface area contributed by atoms with Gasteiger partial charge >= 0.3 is 0 Å². The van der Waals surface area contributed by atoms with Gasteiger partial charge < -0.3 is 10.6 Å². The van der Waals surface area contributed by atoms with Crippen LogP contribution in [0.1, 0.15) is 5.56 Å². The Morgan fingerprint density at radius 3 is 2.63 bits per heavy atom. The first-order valence-electron chi connectivity index (χ1n) is 11.9. The van der Waals surface area contributed by atoms with Gasteiger partial charge in [-0.15, -0.1) is 11.3 Å². The monoisotopic (exact) mass is 520 g/mol. The van der Waals surface area contributed by atoms with Crippen molar-refractivity contribution in [2.45, 2.75) is 6.42 Å². The van der Waals surface area contributed by atoms with Gasteiger partial charge in [-0.25, -0.2) is 19.3 Å². The van der Waals surface area contributed by atoms with Crippen LogP contribution in [-0.4, -0.2) is 25.3 Å². The maximum Gasteiger partial charge on any atom is 0.228 e. The molecule has 3 heterocycles. The second kappa shape index (κ2) is 10.2. The number of halogens is 1. The van der Waals surface area contributed by atoms with E-state index >= 15 is 0 Å². The molecule has 6 rings (SSSR count). The smallest absolute Gasteiger partial charge is 0.228 e. The molecule has 1 amide bonds. The molecule has 0 aliphatic rings. The molecule has 0 atom stereocenters. The fraction of sp³-hybridized carbons (Fsp3) is 0.0345. The lowest BCUT2D eigenvalue weighted by Gasteiger charge is -2.10. The van der Waals surface area contributed by atoms with Crippen LogP contribution in [0.5, 0.6) is 0 Å². The summed E-state index contributed by atoms with van der Waals surface area (Å²) in [6.45, 7) is 0. The molecule has 0 radical (unpaired) electrons. The van der Waals surface area contributed by atoms with Gasteiger partial charge in [0, 0.05) is 34.7 Å². The molecule has 9 heteroatoms. The number of imidazole rings is 1. The van der Waals surface area contributed by atoms with E-state index in [0.29, 0.717) is 29.4 Å². The number of rotatable bonds is 7. The van der Waals surface area contributed by atoms with Crippen molar-refractivity contribution in [1.82, 2.24) is 19.4 Å². The summed E-state index contributed by atoms with van der Waals surface area (Å²) in [4.78, 5) is 27.3. The number of carbonyl (C=O) groups is 1. The number of hydrogen-bond donors (Lipinski definition) is 2. The Hall–Kier alpha value is -4.89. The highest BCUT2D eigenvalue weighted by Gasteiger charge is 2.19. The predicted molar refractivity (Wildman–Crippen MR) is 148 cm³/mol. The predicted octanol–water partition coefficient (Wildman–Crippen LogP) is 6.58. The zero-order valence-corrected chi connectivity index (χ0v) is 20.8. The molecule has 2 N–H and O–H groups in total. The Morgan fingerprint density at radius 1 is 0.921 bits per heavy atom. The summed E-state index contributed by atoms with van der Waals surface area (Å²) in [6.07, 6.45) is 3.89. The summed E-state index contributed by atoms with van der Waals surface area (Å²) in [5.41, 5.74) is 5.19. The van der Waals surface area contributed by atoms with Crippen LogP contribution >= 0.6 is 11.3 Å². The van der Waals surface area contributed by atoms with Crippen LogP contribution in [0.3, 0.4) is 0 Å². The first-order chi connectivity index (χ1) is 18.6. The minimum Gasteiger partial charge on any atom is -0.326 e. The highest BCUT2D eigenvalue weighted by molar-refractivity contribution is 7.15. The van der Waals surface area contributed by atoms with Crippen LogP contribution in [-0.2, 0) is 11.2 Å². The molecule has 6 aromatic rings. The van der Waals surface area contributed by atoms with Gasteiger partial charge in [-0.2, -0.15) is 0 Å². The Bertz CT molecular complexity index is 1750. The summed E-state index contributed by atoms with van der Waals surface area (Å²) in [7, 11) is 0. The third-order valence-electron chi connectivity index (χ3n) is 5.87. The molecule has 0 saturated carbocycles. The van der Waals surface area contributed by atoms with Gasteiger partial charge in [0.2, 0.25) is 11.9 Å². The first kappa shape index (κ1) is 23.5. The van der Waals surface area contributed by atoms with Gasteiger partial charge in [-0.05, 0) is 42.0 Å². The number of aromatic nitrogens is 4. The van der Waals surface area contributed by atoms with Crippen LogP contribution in [0.15, 0.2) is 103 Å². The van der Waals surface area contributed by atoms with Crippen LogP contribution < -0.4 is 10.6 Å². The van der Waals surface area contributed by atoms with Crippen molar-refractivity contribution in [2.75, 3.05) is 10.6 Å². The number of amides is 1. The summed E-state index contributed by atoms with van der Waals surface area (Å²) in [6, 6.07) is 25.2. The number of hydrogen-bond acceptors (Lipinski definition) is 6. The number of fused-ring (bicyclic) bond motifs is 1. The molecule has 0 aliphatic heterocycles. The standard InChI is InChI=1S/C29H21FN6OS/c30-21-9-5-11-23(18-21)33-28-31-13-12-24(34-28)27-26(35-29-36(27)14-15-38-29)20-8-4-10-22(17-20)32-25(37)16-19-6-2-1-3-7-19/h1-15,17-18H,16H2,(H,32,37)(H,31,33,34). The van der Waals surface area contributed by atoms with Crippen LogP contribution in [0.25, 0.3) is 27.6 Å². The van der Waals surface area contributed by atoms with E-state index in [2.05, 4.69) is 15.6 Å². The highest BCUT2D eigenvalue weighted by atomic mass is 32.1. The summed E-state index contributed by atoms with van der Waals surface area (Å²) >= 11 is 1.52. The topological polar surface area (TPSA) is 84.2 Å². The van der Waals surface area contributed by atoms with E-state index in [1.807, 2.05) is 76.6 Å². The maximum atomic E-state index is 13.7. The van der Waals surface area contributed by atoms with E-state index in [9.17, 15) is 9.18 Å². The van der Waals surface area contributed by atoms with Crippen LogP contribution in [0.2, 0.25) is 0 Å². The maximum absolute atomic E-state index is 13.7. The largest absolute Gasteiger partial charge is 0.326 e. The molecule has 0 unspecified atom stereocenters. The van der Waals surface area contributed by atoms with E-state index in [4.69, 9.17) is 9.97 Å². The molecule has 0 bridgehead atoms. The van der Waals surface area contributed by atoms with Gasteiger partial charge in [0.1, 0.15) is 11.5 Å². The number of carbonyl (C=O) groups excluding carboxylic acids is 1. The molecule has 186 valence electrons. The van der Waals surface area contributed by atoms with Gasteiger partial charge in [-0.3, -0.25) is 9.20 Å². The van der Waals surface area contributed by atoms with Crippen molar-refractivity contribution < 1.29 is 9.18 Å². The van der Waals surface area contributed by atoms with Crippen LogP contribution in [0, 0.1) is 5.82 Å². The molecule has 0 saturated heterocycles. The zero-order chi connectivity index (χ0) is 25.9. The molecular formula is C29H21FN6OS. The number of thiazole rings is 1. The molecule has 0 aliphatic carbocycles. The normalized spacial score (nSPS) is 11.0. The Kier molecular flexibility index (Phi) is 6.33. The van der Waals surface area contributed by atoms with Crippen molar-refractivity contribution in [3.8, 4) is 22.6 Å². The van der Waals surface area contributed by atoms with E-state index in [0.717, 1.165) is 27.5 Å². The molecule has 7 nitrogen and oxygen atoms in total. The van der Waals surface area contributed by atoms with E-state index < -0.39 is 0 Å². The fourth-order valence-corrected chi connectivity index (χ4v) is 4.92. The Morgan fingerprint density at radius 2 is 1.76 bits per heavy atom. The second-order valence-corrected chi connectivity index (χ2v) is 9.43. The van der Waals surface area contributed by atoms with Crippen molar-refractivity contribution in [1.29, 1.82) is 0 Å². The third kappa shape index (κ3) is 5.00. The number of anilines is 3. The van der Waals surface area contributed by atoms with Crippen LogP contribution in [0.4, 0.5) is 21.7 Å². The van der Waals surface area contributed by atoms with Crippen molar-refractivity contribution in [3.63, 3.8) is 0 Å². The number of nitrogens with one attached hydrogen (secondary N) is 2. The zero-order valence-electron chi connectivity index (χ0n) is 20.0. The average Bonchev–Trinajstić information content (AvgIpc) is 3.51. The summed E-state index contributed by atoms with van der Waals surface area (Å²) < 4.78 is 15.6. The quantitative estimate of drug-likeness (QED) is 0.248. The average molecular weight is 521 g/mol. The second-order valence-electron chi connectivity index (χ2n) is 8.56. The van der Waals surface area contributed by atoms with Crippen molar-refractivity contribution in [2.24, 2.45) is 0 Å². The van der Waals surface area contributed by atoms with Crippen molar-refractivity contribution in [3.05, 3.63) is 114 Å². The third-order valence-corrected chi connectivity index (χ3v) is 6.62. The van der Waals surface area contributed by atoms with Gasteiger partial charge in [0.05, 0.1) is 17.8 Å². The Balaban J connectivity index is 1.33. The van der Waals surface area contributed by atoms with E-state index in [1.165, 1.54) is 23.5 Å². The molecular weight excluding hydrogens is 499 g/mol. The molecule has 0 fully saturated rings.